The minimum atomic E-state index is -1.11. The number of carbonyl (C=O) groups excluding carboxylic acids is 2. The van der Waals surface area contributed by atoms with E-state index in [4.69, 9.17) is 5.11 Å². The molecule has 0 unspecified atom stereocenters. The first kappa shape index (κ1) is 10.4. The lowest BCUT2D eigenvalue weighted by molar-refractivity contribution is 0.0696. The third-order valence-corrected chi connectivity index (χ3v) is 2.55. The highest BCUT2D eigenvalue weighted by atomic mass is 16.4. The molecule has 1 heterocycles. The number of carboxylic acids is 1. The summed E-state index contributed by atoms with van der Waals surface area (Å²) in [5, 5.41) is 11.0. The fraction of sp³-hybridized carbons (Fsp3) is 0.182. The van der Waals surface area contributed by atoms with Crippen molar-refractivity contribution in [1.82, 2.24) is 5.32 Å². The number of aromatic carboxylic acids is 1. The van der Waals surface area contributed by atoms with E-state index in [0.29, 0.717) is 17.5 Å². The monoisotopic (exact) mass is 219 g/mol. The highest BCUT2D eigenvalue weighted by Crippen LogP contribution is 2.23. The summed E-state index contributed by atoms with van der Waals surface area (Å²) >= 11 is 0. The Bertz CT molecular complexity index is 519. The molecule has 5 nitrogen and oxygen atoms in total. The Balaban J connectivity index is 2.72. The summed E-state index contributed by atoms with van der Waals surface area (Å²) in [6.07, 6.45) is 0.504. The van der Waals surface area contributed by atoms with Gasteiger partial charge in [0.2, 0.25) is 0 Å². The van der Waals surface area contributed by atoms with Crippen LogP contribution >= 0.6 is 0 Å². The molecule has 0 radical (unpaired) electrons. The maximum absolute atomic E-state index is 11.5. The van der Waals surface area contributed by atoms with Crippen LogP contribution in [0.1, 0.15) is 43.6 Å². The van der Waals surface area contributed by atoms with Gasteiger partial charge in [0.15, 0.2) is 0 Å². The number of hydrogen-bond donors (Lipinski definition) is 2. The molecule has 0 saturated heterocycles. The number of amides is 2. The molecule has 5 heteroatoms. The maximum atomic E-state index is 11.5. The van der Waals surface area contributed by atoms with E-state index < -0.39 is 17.8 Å². The van der Waals surface area contributed by atoms with Crippen molar-refractivity contribution in [2.45, 2.75) is 13.3 Å². The number of nitrogens with one attached hydrogen (secondary N) is 1. The van der Waals surface area contributed by atoms with Gasteiger partial charge < -0.3 is 5.11 Å². The van der Waals surface area contributed by atoms with Crippen LogP contribution in [0.3, 0.4) is 0 Å². The minimum absolute atomic E-state index is 0.0282. The number of carbonyl (C=O) groups is 3. The summed E-state index contributed by atoms with van der Waals surface area (Å²) in [4.78, 5) is 33.7. The van der Waals surface area contributed by atoms with Gasteiger partial charge in [-0.25, -0.2) is 4.79 Å². The lowest BCUT2D eigenvalue weighted by Crippen LogP contribution is -2.20. The number of fused-ring (bicyclic) bond motifs is 1. The van der Waals surface area contributed by atoms with Crippen LogP contribution in [0.2, 0.25) is 0 Å². The number of benzene rings is 1. The van der Waals surface area contributed by atoms with Gasteiger partial charge in [0, 0.05) is 0 Å². The molecular weight excluding hydrogens is 210 g/mol. The number of hydrogen-bond acceptors (Lipinski definition) is 3. The number of carboxylic acid groups (broad SMARTS) is 1. The molecule has 0 bridgehead atoms. The van der Waals surface area contributed by atoms with Crippen LogP contribution in [0, 0.1) is 0 Å². The van der Waals surface area contributed by atoms with E-state index in [1.54, 1.807) is 6.92 Å². The van der Waals surface area contributed by atoms with Crippen molar-refractivity contribution in [1.29, 1.82) is 0 Å². The van der Waals surface area contributed by atoms with E-state index in [1.807, 2.05) is 0 Å². The van der Waals surface area contributed by atoms with Crippen molar-refractivity contribution in [3.63, 3.8) is 0 Å². The zero-order chi connectivity index (χ0) is 11.9. The van der Waals surface area contributed by atoms with Gasteiger partial charge in [0.25, 0.3) is 11.8 Å². The topological polar surface area (TPSA) is 83.5 Å². The van der Waals surface area contributed by atoms with Gasteiger partial charge in [0.1, 0.15) is 0 Å². The molecule has 82 valence electrons. The van der Waals surface area contributed by atoms with E-state index in [-0.39, 0.29) is 11.1 Å². The van der Waals surface area contributed by atoms with Crippen molar-refractivity contribution in [2.24, 2.45) is 0 Å². The average molecular weight is 219 g/mol. The molecule has 0 aromatic heterocycles. The van der Waals surface area contributed by atoms with E-state index in [1.165, 1.54) is 12.1 Å². The summed E-state index contributed by atoms with van der Waals surface area (Å²) in [6, 6.07) is 2.66. The van der Waals surface area contributed by atoms with Crippen molar-refractivity contribution >= 4 is 17.8 Å². The molecule has 1 aliphatic heterocycles. The van der Waals surface area contributed by atoms with Crippen molar-refractivity contribution in [3.8, 4) is 0 Å². The van der Waals surface area contributed by atoms with Gasteiger partial charge >= 0.3 is 5.97 Å². The van der Waals surface area contributed by atoms with Crippen molar-refractivity contribution in [2.75, 3.05) is 0 Å². The first-order valence-corrected chi connectivity index (χ1v) is 4.80. The minimum Gasteiger partial charge on any atom is -0.478 e. The summed E-state index contributed by atoms with van der Waals surface area (Å²) in [5.41, 5.74) is 1.07. The third-order valence-electron chi connectivity index (χ3n) is 2.55. The summed E-state index contributed by atoms with van der Waals surface area (Å²) in [5.74, 6) is -2.09. The maximum Gasteiger partial charge on any atom is 0.335 e. The standard InChI is InChI=1S/C11H9NO4/c1-2-5-3-6(11(15)16)4-7-8(5)10(14)12-9(7)13/h3-4H,2H2,1H3,(H,15,16)(H,12,13,14). The molecule has 0 saturated carbocycles. The highest BCUT2D eigenvalue weighted by Gasteiger charge is 2.30. The number of aryl methyl sites for hydroxylation is 1. The predicted octanol–water partition coefficient (Wildman–Crippen LogP) is 0.831. The van der Waals surface area contributed by atoms with Crippen LogP contribution in [-0.4, -0.2) is 22.9 Å². The Labute approximate surface area is 91.1 Å². The molecule has 0 aliphatic carbocycles. The van der Waals surface area contributed by atoms with Crippen LogP contribution < -0.4 is 5.32 Å². The molecule has 2 rings (SSSR count). The van der Waals surface area contributed by atoms with Gasteiger partial charge in [0.05, 0.1) is 16.7 Å². The second-order valence-electron chi connectivity index (χ2n) is 3.50. The Morgan fingerprint density at radius 2 is 2.00 bits per heavy atom. The van der Waals surface area contributed by atoms with Crippen LogP contribution in [0.25, 0.3) is 0 Å². The second-order valence-corrected chi connectivity index (χ2v) is 3.50. The third kappa shape index (κ3) is 1.37. The van der Waals surface area contributed by atoms with Crippen LogP contribution in [0.15, 0.2) is 12.1 Å². The molecule has 2 amide bonds. The van der Waals surface area contributed by atoms with Crippen molar-refractivity contribution < 1.29 is 19.5 Å². The SMILES string of the molecule is CCc1cc(C(=O)O)cc2c1C(=O)NC2=O. The Morgan fingerprint density at radius 3 is 2.56 bits per heavy atom. The first-order chi connectivity index (χ1) is 7.54. The van der Waals surface area contributed by atoms with Crippen LogP contribution in [-0.2, 0) is 6.42 Å². The number of imide groups is 1. The fourth-order valence-electron chi connectivity index (χ4n) is 1.78. The lowest BCUT2D eigenvalue weighted by atomic mass is 9.97. The Kier molecular flexibility index (Phi) is 2.23. The predicted molar refractivity (Wildman–Crippen MR) is 54.6 cm³/mol. The Morgan fingerprint density at radius 1 is 1.31 bits per heavy atom. The molecule has 16 heavy (non-hydrogen) atoms. The van der Waals surface area contributed by atoms with Gasteiger partial charge in [-0.05, 0) is 24.1 Å². The largest absolute Gasteiger partial charge is 0.478 e. The molecule has 0 spiro atoms. The molecular formula is C11H9NO4. The van der Waals surface area contributed by atoms with Crippen LogP contribution in [0.4, 0.5) is 0 Å². The quantitative estimate of drug-likeness (QED) is 0.721. The van der Waals surface area contributed by atoms with Gasteiger partial charge in [-0.1, -0.05) is 6.92 Å². The molecule has 0 fully saturated rings. The first-order valence-electron chi connectivity index (χ1n) is 4.80. The highest BCUT2D eigenvalue weighted by molar-refractivity contribution is 6.22. The smallest absolute Gasteiger partial charge is 0.335 e. The summed E-state index contributed by atoms with van der Waals surface area (Å²) in [7, 11) is 0. The lowest BCUT2D eigenvalue weighted by Gasteiger charge is -2.04. The second kappa shape index (κ2) is 3.44. The zero-order valence-electron chi connectivity index (χ0n) is 8.53. The molecule has 0 atom stereocenters. The fourth-order valence-corrected chi connectivity index (χ4v) is 1.78. The van der Waals surface area contributed by atoms with Gasteiger partial charge in [-0.2, -0.15) is 0 Å². The number of rotatable bonds is 2. The average Bonchev–Trinajstić information content (AvgIpc) is 2.53. The van der Waals surface area contributed by atoms with Crippen LogP contribution in [0.5, 0.6) is 0 Å². The van der Waals surface area contributed by atoms with Gasteiger partial charge in [-0.15, -0.1) is 0 Å². The molecule has 1 aromatic rings. The molecule has 1 aromatic carbocycles. The van der Waals surface area contributed by atoms with Gasteiger partial charge in [-0.3, -0.25) is 14.9 Å². The van der Waals surface area contributed by atoms with E-state index in [0.717, 1.165) is 0 Å². The van der Waals surface area contributed by atoms with E-state index in [2.05, 4.69) is 5.32 Å². The van der Waals surface area contributed by atoms with E-state index in [9.17, 15) is 14.4 Å². The normalized spacial score (nSPS) is 13.6. The molecule has 2 N–H and O–H groups in total. The van der Waals surface area contributed by atoms with E-state index >= 15 is 0 Å². The Hall–Kier alpha value is -2.17. The summed E-state index contributed by atoms with van der Waals surface area (Å²) < 4.78 is 0. The van der Waals surface area contributed by atoms with Crippen molar-refractivity contribution in [3.05, 3.63) is 34.4 Å². The zero-order valence-corrected chi connectivity index (χ0v) is 8.53. The molecule has 1 aliphatic rings. The summed E-state index contributed by atoms with van der Waals surface area (Å²) in [6.45, 7) is 1.80.